The second kappa shape index (κ2) is 8.38. The van der Waals surface area contributed by atoms with Crippen molar-refractivity contribution in [2.45, 2.75) is 58.4 Å². The second-order valence-electron chi connectivity index (χ2n) is 6.07. The van der Waals surface area contributed by atoms with Crippen LogP contribution in [0.5, 0.6) is 0 Å². The third-order valence-corrected chi connectivity index (χ3v) is 4.74. The quantitative estimate of drug-likeness (QED) is 0.165. The van der Waals surface area contributed by atoms with Crippen LogP contribution in [0.25, 0.3) is 0 Å². The first kappa shape index (κ1) is 34.8. The Morgan fingerprint density at radius 2 is 0.722 bits per heavy atom. The van der Waals surface area contributed by atoms with Crippen molar-refractivity contribution in [2.75, 3.05) is 0 Å². The summed E-state index contributed by atoms with van der Waals surface area (Å²) >= 11 is 3.25. The molecule has 0 heterocycles. The molecule has 1 N–H and O–H groups in total. The monoisotopic (exact) mass is 632 g/mol. The molecular weight excluding hydrogens is 632 g/mol. The second-order valence-corrected chi connectivity index (χ2v) is 8.01. The summed E-state index contributed by atoms with van der Waals surface area (Å²) in [6.07, 6.45) is -16.3. The number of halogens is 21. The van der Waals surface area contributed by atoms with Crippen molar-refractivity contribution in [1.29, 1.82) is 0 Å². The van der Waals surface area contributed by atoms with Crippen LogP contribution in [0.3, 0.4) is 0 Å². The first-order valence-corrected chi connectivity index (χ1v) is 8.91. The Balaban J connectivity index is 6.91. The van der Waals surface area contributed by atoms with E-state index in [1.165, 1.54) is 0 Å². The minimum absolute atomic E-state index is 1.04. The minimum Gasteiger partial charge on any atom is -0.281 e. The maximum Gasteiger partial charge on any atom is 0.460 e. The highest BCUT2D eigenvalue weighted by atomic mass is 35.5. The smallest absolute Gasteiger partial charge is 0.281 e. The van der Waals surface area contributed by atoms with Crippen LogP contribution < -0.4 is 0 Å². The molecule has 218 valence electrons. The van der Waals surface area contributed by atoms with Crippen molar-refractivity contribution in [2.24, 2.45) is 0 Å². The van der Waals surface area contributed by atoms with Crippen LogP contribution in [0.15, 0.2) is 0 Å². The molecule has 0 amide bonds. The van der Waals surface area contributed by atoms with Crippen LogP contribution in [0.2, 0.25) is 0 Å². The summed E-state index contributed by atoms with van der Waals surface area (Å²) in [5.41, 5.74) is 0. The number of ether oxygens (including phenoxy) is 1. The van der Waals surface area contributed by atoms with Crippen LogP contribution in [-0.2, 0) is 14.9 Å². The molecule has 0 rings (SSSR count). The van der Waals surface area contributed by atoms with Gasteiger partial charge in [-0.25, -0.2) is 4.74 Å². The van der Waals surface area contributed by atoms with Gasteiger partial charge < -0.3 is 0 Å². The van der Waals surface area contributed by atoms with E-state index in [9.17, 15) is 96.2 Å². The van der Waals surface area contributed by atoms with Crippen molar-refractivity contribution < 1.29 is 106 Å². The maximum atomic E-state index is 13.4. The number of hydrogen-bond donors (Lipinski definition) is 1. The Kier molecular flexibility index (Phi) is 8.09. The van der Waals surface area contributed by atoms with E-state index < -0.39 is 68.5 Å². The molecule has 0 unspecified atom stereocenters. The zero-order valence-corrected chi connectivity index (χ0v) is 16.6. The van der Waals surface area contributed by atoms with Crippen molar-refractivity contribution in [3.05, 3.63) is 0 Å². The SMILES string of the molecule is O=S(=O)(O)C(F)(F)C(F)(F)OC(F)(F)C(F)(F)C(F)(F)C(F)(F)C(F)(F)C(F)(F)C(F)(F)C(F)(F)Cl. The fraction of sp³-hybridized carbons (Fsp3) is 1.00. The van der Waals surface area contributed by atoms with Crippen molar-refractivity contribution >= 4 is 21.7 Å². The molecule has 0 aromatic heterocycles. The van der Waals surface area contributed by atoms with E-state index in [1.54, 1.807) is 0 Å². The van der Waals surface area contributed by atoms with Crippen LogP contribution in [0.1, 0.15) is 0 Å². The van der Waals surface area contributed by atoms with Crippen molar-refractivity contribution in [1.82, 2.24) is 0 Å². The molecule has 0 saturated heterocycles. The highest BCUT2D eigenvalue weighted by Gasteiger charge is 2.95. The number of hydrogen-bond acceptors (Lipinski definition) is 3. The van der Waals surface area contributed by atoms with E-state index in [0.29, 0.717) is 0 Å². The molecule has 26 heteroatoms. The number of alkyl halides is 21. The standard InChI is InChI=1S/C10HClF20O4S/c11-7(24,25)5(20,21)3(16,17)1(12,13)2(14,15)4(18,19)6(22,23)8(26,27)35-9(28,29)10(30,31)36(32,33)34/h(H,32,33,34). The van der Waals surface area contributed by atoms with Crippen LogP contribution in [0.4, 0.5) is 87.8 Å². The van der Waals surface area contributed by atoms with Gasteiger partial charge in [0.25, 0.3) is 0 Å². The molecule has 0 aliphatic heterocycles. The molecule has 0 radical (unpaired) electrons. The molecule has 0 saturated carbocycles. The van der Waals surface area contributed by atoms with Gasteiger partial charge in [0.15, 0.2) is 0 Å². The van der Waals surface area contributed by atoms with Gasteiger partial charge in [-0.15, -0.1) is 0 Å². The molecule has 36 heavy (non-hydrogen) atoms. The Hall–Kier alpha value is -1.24. The lowest BCUT2D eigenvalue weighted by Gasteiger charge is -2.43. The Morgan fingerprint density at radius 1 is 0.472 bits per heavy atom. The van der Waals surface area contributed by atoms with E-state index >= 15 is 0 Å². The summed E-state index contributed by atoms with van der Waals surface area (Å²) in [7, 11) is -7.72. The van der Waals surface area contributed by atoms with Gasteiger partial charge in [0, 0.05) is 0 Å². The molecule has 0 aliphatic carbocycles. The lowest BCUT2D eigenvalue weighted by Crippen LogP contribution is -2.75. The predicted molar refractivity (Wildman–Crippen MR) is 68.0 cm³/mol. The van der Waals surface area contributed by atoms with E-state index in [2.05, 4.69) is 11.6 Å². The zero-order chi connectivity index (χ0) is 30.2. The van der Waals surface area contributed by atoms with Gasteiger partial charge in [-0.2, -0.15) is 96.2 Å². The molecule has 0 aromatic rings. The summed E-state index contributed by atoms with van der Waals surface area (Å²) < 4.78 is 289. The molecule has 0 atom stereocenters. The summed E-state index contributed by atoms with van der Waals surface area (Å²) in [5, 5.41) is -14.6. The molecule has 0 spiro atoms. The largest absolute Gasteiger partial charge is 0.460 e. The van der Waals surface area contributed by atoms with Crippen LogP contribution in [-0.4, -0.2) is 71.4 Å². The highest BCUT2D eigenvalue weighted by Crippen LogP contribution is 2.64. The summed E-state index contributed by atoms with van der Waals surface area (Å²) in [6.45, 7) is 0. The molecule has 4 nitrogen and oxygen atoms in total. The van der Waals surface area contributed by atoms with Gasteiger partial charge in [-0.1, -0.05) is 0 Å². The van der Waals surface area contributed by atoms with Crippen LogP contribution in [0, 0.1) is 0 Å². The van der Waals surface area contributed by atoms with Gasteiger partial charge >= 0.3 is 68.5 Å². The topological polar surface area (TPSA) is 63.6 Å². The molecule has 0 fully saturated rings. The molecular formula is C10HClF20O4S. The molecule has 0 bridgehead atoms. The highest BCUT2D eigenvalue weighted by molar-refractivity contribution is 7.86. The first-order valence-electron chi connectivity index (χ1n) is 7.10. The predicted octanol–water partition coefficient (Wildman–Crippen LogP) is 6.31. The van der Waals surface area contributed by atoms with Gasteiger partial charge in [0.1, 0.15) is 0 Å². The van der Waals surface area contributed by atoms with Crippen LogP contribution >= 0.6 is 11.6 Å². The van der Waals surface area contributed by atoms with E-state index in [-0.39, 0.29) is 0 Å². The van der Waals surface area contributed by atoms with E-state index in [4.69, 9.17) is 4.55 Å². The van der Waals surface area contributed by atoms with Gasteiger partial charge in [0.2, 0.25) is 0 Å². The third kappa shape index (κ3) is 4.49. The molecule has 0 aromatic carbocycles. The average Bonchev–Trinajstić information content (AvgIpc) is 2.57. The Labute approximate surface area is 186 Å². The average molecular weight is 633 g/mol. The van der Waals surface area contributed by atoms with Gasteiger partial charge in [0.05, 0.1) is 0 Å². The minimum atomic E-state index is -9.12. The fourth-order valence-electron chi connectivity index (χ4n) is 1.58. The Morgan fingerprint density at radius 3 is 0.972 bits per heavy atom. The Bertz CT molecular complexity index is 937. The van der Waals surface area contributed by atoms with Crippen molar-refractivity contribution in [3.63, 3.8) is 0 Å². The maximum absolute atomic E-state index is 13.4. The summed E-state index contributed by atoms with van der Waals surface area (Å²) in [6, 6.07) is 0. The van der Waals surface area contributed by atoms with Crippen molar-refractivity contribution in [3.8, 4) is 0 Å². The number of rotatable bonds is 11. The van der Waals surface area contributed by atoms with Gasteiger partial charge in [-0.05, 0) is 11.6 Å². The van der Waals surface area contributed by atoms with E-state index in [1.807, 2.05) is 0 Å². The van der Waals surface area contributed by atoms with E-state index in [0.717, 1.165) is 4.74 Å². The summed E-state index contributed by atoms with van der Waals surface area (Å²) in [4.78, 5) is 0. The third-order valence-electron chi connectivity index (χ3n) is 3.61. The summed E-state index contributed by atoms with van der Waals surface area (Å²) in [5.74, 6) is -52.8. The zero-order valence-electron chi connectivity index (χ0n) is 15.0. The lowest BCUT2D eigenvalue weighted by molar-refractivity contribution is -0.503. The molecule has 0 aliphatic rings. The normalized spacial score (nSPS) is 16.9. The van der Waals surface area contributed by atoms with Gasteiger partial charge in [-0.3, -0.25) is 4.55 Å². The lowest BCUT2D eigenvalue weighted by atomic mass is 9.91. The first-order chi connectivity index (χ1) is 15.0. The fourth-order valence-corrected chi connectivity index (χ4v) is 2.04.